The van der Waals surface area contributed by atoms with Crippen LogP contribution in [0.5, 0.6) is 0 Å². The second-order valence-corrected chi connectivity index (χ2v) is 8.94. The number of aromatic nitrogens is 1. The molecule has 3 aromatic rings. The van der Waals surface area contributed by atoms with E-state index < -0.39 is 4.92 Å². The van der Waals surface area contributed by atoms with Gasteiger partial charge in [-0.2, -0.15) is 0 Å². The highest BCUT2D eigenvalue weighted by Crippen LogP contribution is 2.37. The number of ketones is 1. The Kier molecular flexibility index (Phi) is 7.12. The largest absolute Gasteiger partial charge is 0.349 e. The van der Waals surface area contributed by atoms with Crippen LogP contribution in [0.3, 0.4) is 0 Å². The average molecular weight is 462 g/mol. The van der Waals surface area contributed by atoms with Gasteiger partial charge in [-0.25, -0.2) is 4.98 Å². The third-order valence-electron chi connectivity index (χ3n) is 4.48. The zero-order valence-electron chi connectivity index (χ0n) is 16.7. The minimum absolute atomic E-state index is 0.105. The monoisotopic (exact) mass is 461 g/mol. The molecule has 1 heterocycles. The molecule has 2 aromatic carbocycles. The number of rotatable bonds is 8. The van der Waals surface area contributed by atoms with Crippen LogP contribution in [0.2, 0.25) is 5.02 Å². The summed E-state index contributed by atoms with van der Waals surface area (Å²) >= 11 is 8.48. The van der Waals surface area contributed by atoms with Crippen LogP contribution in [-0.4, -0.2) is 28.8 Å². The van der Waals surface area contributed by atoms with Gasteiger partial charge in [-0.15, -0.1) is 0 Å². The van der Waals surface area contributed by atoms with Crippen molar-refractivity contribution < 1.29 is 9.72 Å². The zero-order chi connectivity index (χ0) is 21.8. The summed E-state index contributed by atoms with van der Waals surface area (Å²) in [6.45, 7) is 7.43. The van der Waals surface area contributed by atoms with Crippen molar-refractivity contribution in [3.63, 3.8) is 0 Å². The van der Waals surface area contributed by atoms with E-state index in [-0.39, 0.29) is 17.0 Å². The molecule has 0 spiro atoms. The Labute approximate surface area is 188 Å². The Morgan fingerprint density at radius 1 is 1.20 bits per heavy atom. The summed E-state index contributed by atoms with van der Waals surface area (Å²) in [5.74, 6) is -0.255. The highest BCUT2D eigenvalue weighted by atomic mass is 35.5. The summed E-state index contributed by atoms with van der Waals surface area (Å²) in [7, 11) is 0. The fourth-order valence-electron chi connectivity index (χ4n) is 2.87. The minimum atomic E-state index is -0.462. The molecule has 0 amide bonds. The lowest BCUT2D eigenvalue weighted by molar-refractivity contribution is -0.387. The predicted molar refractivity (Wildman–Crippen MR) is 123 cm³/mol. The maximum absolute atomic E-state index is 13.1. The first kappa shape index (κ1) is 22.3. The number of carbonyl (C=O) groups is 1. The van der Waals surface area contributed by atoms with Crippen molar-refractivity contribution in [2.24, 2.45) is 0 Å². The number of nitrogens with zero attached hydrogens (tertiary/aromatic N) is 3. The Balaban J connectivity index is 1.93. The number of hydrogen-bond donors (Lipinski definition) is 0. The lowest BCUT2D eigenvalue weighted by Crippen LogP contribution is -2.21. The highest BCUT2D eigenvalue weighted by molar-refractivity contribution is 7.99. The van der Waals surface area contributed by atoms with E-state index in [1.807, 2.05) is 13.8 Å². The summed E-state index contributed by atoms with van der Waals surface area (Å²) in [5.41, 5.74) is 0.807. The molecule has 0 aliphatic rings. The molecule has 0 unspecified atom stereocenters. The lowest BCUT2D eigenvalue weighted by Gasteiger charge is -2.16. The number of thiazole rings is 1. The van der Waals surface area contributed by atoms with Gasteiger partial charge in [0.05, 0.1) is 20.4 Å². The van der Waals surface area contributed by atoms with Crippen molar-refractivity contribution in [3.8, 4) is 0 Å². The number of anilines is 1. The molecule has 30 heavy (non-hydrogen) atoms. The van der Waals surface area contributed by atoms with Gasteiger partial charge in [0.25, 0.3) is 5.69 Å². The number of nitro groups is 1. The third kappa shape index (κ3) is 4.83. The molecule has 0 aliphatic heterocycles. The summed E-state index contributed by atoms with van der Waals surface area (Å²) in [5, 5.41) is 13.0. The normalized spacial score (nSPS) is 10.8. The average Bonchev–Trinajstić information content (AvgIpc) is 3.11. The molecule has 3 rings (SSSR count). The summed E-state index contributed by atoms with van der Waals surface area (Å²) in [6, 6.07) is 11.6. The van der Waals surface area contributed by atoms with Gasteiger partial charge in [0.2, 0.25) is 5.78 Å². The van der Waals surface area contributed by atoms with E-state index in [9.17, 15) is 14.9 Å². The van der Waals surface area contributed by atoms with Gasteiger partial charge in [0.15, 0.2) is 5.13 Å². The minimum Gasteiger partial charge on any atom is -0.349 e. The number of hydrogen-bond acceptors (Lipinski definition) is 7. The highest BCUT2D eigenvalue weighted by Gasteiger charge is 2.23. The molecule has 0 atom stereocenters. The zero-order valence-corrected chi connectivity index (χ0v) is 19.1. The van der Waals surface area contributed by atoms with Crippen LogP contribution in [0.4, 0.5) is 10.8 Å². The number of nitro benzene ring substituents is 1. The molecule has 6 nitrogen and oxygen atoms in total. The van der Waals surface area contributed by atoms with Crippen LogP contribution in [0, 0.1) is 17.0 Å². The van der Waals surface area contributed by atoms with Crippen LogP contribution < -0.4 is 4.90 Å². The second kappa shape index (κ2) is 9.59. The van der Waals surface area contributed by atoms with Crippen LogP contribution in [0.25, 0.3) is 0 Å². The Morgan fingerprint density at radius 2 is 1.87 bits per heavy atom. The van der Waals surface area contributed by atoms with Crippen molar-refractivity contribution in [2.45, 2.75) is 30.6 Å². The maximum Gasteiger partial charge on any atom is 0.283 e. The molecule has 156 valence electrons. The van der Waals surface area contributed by atoms with Gasteiger partial charge in [-0.05, 0) is 57.2 Å². The lowest BCUT2D eigenvalue weighted by atomic mass is 10.1. The van der Waals surface area contributed by atoms with Gasteiger partial charge < -0.3 is 4.90 Å². The first-order valence-electron chi connectivity index (χ1n) is 9.33. The van der Waals surface area contributed by atoms with E-state index in [0.717, 1.165) is 23.1 Å². The van der Waals surface area contributed by atoms with Crippen LogP contribution in [0.15, 0.2) is 52.3 Å². The molecule has 0 bridgehead atoms. The van der Waals surface area contributed by atoms with Crippen LogP contribution in [0.1, 0.15) is 34.8 Å². The molecule has 0 radical (unpaired) electrons. The number of halogens is 1. The first-order valence-corrected chi connectivity index (χ1v) is 11.3. The van der Waals surface area contributed by atoms with Crippen molar-refractivity contribution in [1.29, 1.82) is 0 Å². The van der Waals surface area contributed by atoms with Gasteiger partial charge in [0, 0.05) is 34.6 Å². The molecule has 0 saturated carbocycles. The quantitative estimate of drug-likeness (QED) is 0.224. The van der Waals surface area contributed by atoms with Crippen molar-refractivity contribution >= 4 is 51.3 Å². The standard InChI is InChI=1S/C21H20ClN3O3S2/c1-4-24(5-2)21-23-13(3)20(30-21)19(26)14-6-11-18(17(12-14)25(27)28)29-16-9-7-15(22)8-10-16/h6-12H,4-5H2,1-3H3. The van der Waals surface area contributed by atoms with Crippen LogP contribution in [-0.2, 0) is 0 Å². The van der Waals surface area contributed by atoms with Crippen molar-refractivity contribution in [2.75, 3.05) is 18.0 Å². The maximum atomic E-state index is 13.1. The summed E-state index contributed by atoms with van der Waals surface area (Å²) in [4.78, 5) is 32.6. The van der Waals surface area contributed by atoms with Crippen molar-refractivity contribution in [1.82, 2.24) is 4.98 Å². The SMILES string of the molecule is CCN(CC)c1nc(C)c(C(=O)c2ccc(Sc3ccc(Cl)cc3)c([N+](=O)[O-])c2)s1. The molecule has 0 saturated heterocycles. The fraction of sp³-hybridized carbons (Fsp3) is 0.238. The molecular weight excluding hydrogens is 442 g/mol. The molecule has 0 aliphatic carbocycles. The number of benzene rings is 2. The number of carbonyl (C=O) groups excluding carboxylic acids is 1. The van der Waals surface area contributed by atoms with Gasteiger partial charge in [-0.3, -0.25) is 14.9 Å². The van der Waals surface area contributed by atoms with E-state index in [2.05, 4.69) is 9.88 Å². The van der Waals surface area contributed by atoms with Gasteiger partial charge in [0.1, 0.15) is 0 Å². The van der Waals surface area contributed by atoms with E-state index in [1.165, 1.54) is 29.2 Å². The molecule has 0 N–H and O–H groups in total. The first-order chi connectivity index (χ1) is 14.3. The summed E-state index contributed by atoms with van der Waals surface area (Å²) in [6.07, 6.45) is 0. The Bertz CT molecular complexity index is 1080. The molecule has 9 heteroatoms. The molecule has 0 fully saturated rings. The Morgan fingerprint density at radius 3 is 2.47 bits per heavy atom. The Hall–Kier alpha value is -2.42. The van der Waals surface area contributed by atoms with E-state index in [0.29, 0.717) is 20.5 Å². The second-order valence-electron chi connectivity index (χ2n) is 6.41. The van der Waals surface area contributed by atoms with E-state index >= 15 is 0 Å². The molecular formula is C21H20ClN3O3S2. The smallest absolute Gasteiger partial charge is 0.283 e. The topological polar surface area (TPSA) is 76.3 Å². The molecule has 1 aromatic heterocycles. The van der Waals surface area contributed by atoms with Gasteiger partial charge >= 0.3 is 0 Å². The third-order valence-corrected chi connectivity index (χ3v) is 7.03. The van der Waals surface area contributed by atoms with Crippen LogP contribution >= 0.6 is 34.7 Å². The summed E-state index contributed by atoms with van der Waals surface area (Å²) < 4.78 is 0. The van der Waals surface area contributed by atoms with Gasteiger partial charge in [-0.1, -0.05) is 34.7 Å². The van der Waals surface area contributed by atoms with Crippen molar-refractivity contribution in [3.05, 3.63) is 73.7 Å². The van der Waals surface area contributed by atoms with E-state index in [1.54, 1.807) is 43.3 Å². The fourth-order valence-corrected chi connectivity index (χ4v) is 5.05. The number of aryl methyl sites for hydroxylation is 1. The predicted octanol–water partition coefficient (Wildman–Crippen LogP) is 6.24. The van der Waals surface area contributed by atoms with E-state index in [4.69, 9.17) is 11.6 Å².